The Labute approximate surface area is 109 Å². The predicted octanol–water partition coefficient (Wildman–Crippen LogP) is 2.02. The van der Waals surface area contributed by atoms with Crippen molar-refractivity contribution in [2.24, 2.45) is 0 Å². The van der Waals surface area contributed by atoms with Gasteiger partial charge >= 0.3 is 5.97 Å². The Hall–Kier alpha value is -2.18. The summed E-state index contributed by atoms with van der Waals surface area (Å²) in [6, 6.07) is 0. The van der Waals surface area contributed by atoms with E-state index in [-0.39, 0.29) is 17.8 Å². The molecule has 0 unspecified atom stereocenters. The fourth-order valence-electron chi connectivity index (χ4n) is 1.30. The molecule has 0 fully saturated rings. The molecule has 0 amide bonds. The number of ether oxygens (including phenoxy) is 1. The molecule has 0 spiro atoms. The zero-order valence-corrected chi connectivity index (χ0v) is 11.3. The highest BCUT2D eigenvalue weighted by Gasteiger charge is 2.23. The minimum atomic E-state index is -0.600. The molecular weight excluding hydrogens is 250 g/mol. The van der Waals surface area contributed by atoms with Crippen LogP contribution >= 0.6 is 0 Å². The molecule has 7 heteroatoms. The Balaban J connectivity index is 1.98. The van der Waals surface area contributed by atoms with Crippen molar-refractivity contribution in [3.63, 3.8) is 0 Å². The maximum atomic E-state index is 11.7. The van der Waals surface area contributed by atoms with Crippen LogP contribution in [0.5, 0.6) is 0 Å². The Kier molecular flexibility index (Phi) is 3.37. The summed E-state index contributed by atoms with van der Waals surface area (Å²) in [7, 11) is 0. The van der Waals surface area contributed by atoms with Crippen LogP contribution in [0.15, 0.2) is 15.2 Å². The van der Waals surface area contributed by atoms with Crippen LogP contribution < -0.4 is 0 Å². The van der Waals surface area contributed by atoms with Crippen molar-refractivity contribution >= 4 is 5.97 Å². The topological polar surface area (TPSA) is 91.2 Å². The summed E-state index contributed by atoms with van der Waals surface area (Å²) in [5.74, 6) is 0.293. The van der Waals surface area contributed by atoms with Gasteiger partial charge in [-0.3, -0.25) is 0 Å². The second kappa shape index (κ2) is 4.83. The van der Waals surface area contributed by atoms with Gasteiger partial charge in [0.1, 0.15) is 0 Å². The number of carbonyl (C=O) groups excluding carboxylic acids is 1. The van der Waals surface area contributed by atoms with Gasteiger partial charge in [-0.15, -0.1) is 0 Å². The number of rotatable bonds is 3. The first-order valence-electron chi connectivity index (χ1n) is 5.79. The molecule has 0 aliphatic rings. The van der Waals surface area contributed by atoms with E-state index in [1.54, 1.807) is 6.92 Å². The SMILES string of the molecule is Cc1cnoc1C(=O)OCc1noc(C(C)(C)C)n1. The molecule has 0 saturated heterocycles. The maximum Gasteiger partial charge on any atom is 0.377 e. The average Bonchev–Trinajstić information content (AvgIpc) is 2.93. The molecule has 102 valence electrons. The number of nitrogens with zero attached hydrogens (tertiary/aromatic N) is 3. The Morgan fingerprint density at radius 2 is 2.11 bits per heavy atom. The molecular formula is C12H15N3O4. The largest absolute Gasteiger partial charge is 0.451 e. The molecule has 2 aromatic rings. The van der Waals surface area contributed by atoms with Gasteiger partial charge in [0.05, 0.1) is 6.20 Å². The minimum Gasteiger partial charge on any atom is -0.451 e. The zero-order chi connectivity index (χ0) is 14.0. The van der Waals surface area contributed by atoms with Crippen molar-refractivity contribution in [3.8, 4) is 0 Å². The van der Waals surface area contributed by atoms with E-state index in [0.29, 0.717) is 17.3 Å². The Morgan fingerprint density at radius 3 is 2.63 bits per heavy atom. The summed E-state index contributed by atoms with van der Waals surface area (Å²) in [5, 5.41) is 7.26. The van der Waals surface area contributed by atoms with Gasteiger partial charge in [0.15, 0.2) is 6.61 Å². The summed E-state index contributed by atoms with van der Waals surface area (Å²) in [4.78, 5) is 15.8. The lowest BCUT2D eigenvalue weighted by atomic mass is 9.97. The summed E-state index contributed by atoms with van der Waals surface area (Å²) in [6.07, 6.45) is 1.45. The van der Waals surface area contributed by atoms with Gasteiger partial charge in [0, 0.05) is 11.0 Å². The molecule has 0 aliphatic carbocycles. The van der Waals surface area contributed by atoms with Crippen molar-refractivity contribution in [1.29, 1.82) is 0 Å². The van der Waals surface area contributed by atoms with Gasteiger partial charge < -0.3 is 13.8 Å². The monoisotopic (exact) mass is 265 g/mol. The van der Waals surface area contributed by atoms with E-state index in [1.165, 1.54) is 6.20 Å². The number of hydrogen-bond donors (Lipinski definition) is 0. The van der Waals surface area contributed by atoms with E-state index in [2.05, 4.69) is 15.3 Å². The molecule has 0 aliphatic heterocycles. The minimum absolute atomic E-state index is 0.0709. The van der Waals surface area contributed by atoms with Gasteiger partial charge in [-0.25, -0.2) is 4.79 Å². The molecule has 0 bridgehead atoms. The van der Waals surface area contributed by atoms with Crippen LogP contribution in [-0.2, 0) is 16.8 Å². The van der Waals surface area contributed by atoms with Crippen LogP contribution in [0.25, 0.3) is 0 Å². The van der Waals surface area contributed by atoms with Crippen LogP contribution in [0.4, 0.5) is 0 Å². The van der Waals surface area contributed by atoms with E-state index < -0.39 is 5.97 Å². The van der Waals surface area contributed by atoms with Crippen LogP contribution in [0.1, 0.15) is 48.6 Å². The van der Waals surface area contributed by atoms with Gasteiger partial charge in [-0.05, 0) is 6.92 Å². The molecule has 0 radical (unpaired) electrons. The summed E-state index contributed by atoms with van der Waals surface area (Å²) < 4.78 is 14.9. The number of carbonyl (C=O) groups is 1. The molecule has 2 rings (SSSR count). The van der Waals surface area contributed by atoms with Crippen LogP contribution in [0, 0.1) is 6.92 Å². The first kappa shape index (κ1) is 13.3. The highest BCUT2D eigenvalue weighted by molar-refractivity contribution is 5.87. The highest BCUT2D eigenvalue weighted by atomic mass is 16.6. The molecule has 0 N–H and O–H groups in total. The van der Waals surface area contributed by atoms with Gasteiger partial charge in [0.2, 0.25) is 17.5 Å². The lowest BCUT2D eigenvalue weighted by molar-refractivity contribution is 0.0412. The average molecular weight is 265 g/mol. The molecule has 0 saturated carbocycles. The van der Waals surface area contributed by atoms with Crippen LogP contribution in [-0.4, -0.2) is 21.3 Å². The Bertz CT molecular complexity index is 580. The number of aryl methyl sites for hydroxylation is 1. The quantitative estimate of drug-likeness (QED) is 0.784. The molecule has 7 nitrogen and oxygen atoms in total. The smallest absolute Gasteiger partial charge is 0.377 e. The molecule has 2 aromatic heterocycles. The number of aromatic nitrogens is 3. The summed E-state index contributed by atoms with van der Waals surface area (Å²) in [6.45, 7) is 7.49. The van der Waals surface area contributed by atoms with Gasteiger partial charge in [-0.2, -0.15) is 4.98 Å². The third kappa shape index (κ3) is 2.98. The van der Waals surface area contributed by atoms with Gasteiger partial charge in [-0.1, -0.05) is 31.1 Å². The van der Waals surface area contributed by atoms with Crippen molar-refractivity contribution in [2.75, 3.05) is 0 Å². The third-order valence-electron chi connectivity index (χ3n) is 2.38. The third-order valence-corrected chi connectivity index (χ3v) is 2.38. The second-order valence-corrected chi connectivity index (χ2v) is 5.18. The number of esters is 1. The van der Waals surface area contributed by atoms with Gasteiger partial charge in [0.25, 0.3) is 0 Å². The maximum absolute atomic E-state index is 11.7. The van der Waals surface area contributed by atoms with Crippen molar-refractivity contribution in [2.45, 2.75) is 39.7 Å². The zero-order valence-electron chi connectivity index (χ0n) is 11.3. The lowest BCUT2D eigenvalue weighted by Crippen LogP contribution is -2.12. The summed E-state index contributed by atoms with van der Waals surface area (Å²) in [5.41, 5.74) is 0.380. The summed E-state index contributed by atoms with van der Waals surface area (Å²) >= 11 is 0. The normalized spacial score (nSPS) is 11.6. The Morgan fingerprint density at radius 1 is 1.37 bits per heavy atom. The van der Waals surface area contributed by atoms with E-state index >= 15 is 0 Å². The van der Waals surface area contributed by atoms with E-state index in [1.807, 2.05) is 20.8 Å². The van der Waals surface area contributed by atoms with Crippen molar-refractivity contribution < 1.29 is 18.6 Å². The van der Waals surface area contributed by atoms with Crippen molar-refractivity contribution in [1.82, 2.24) is 15.3 Å². The van der Waals surface area contributed by atoms with E-state index in [0.717, 1.165) is 0 Å². The standard InChI is InChI=1S/C12H15N3O4/c1-7-5-13-18-9(7)10(16)17-6-8-14-11(19-15-8)12(2,3)4/h5H,6H2,1-4H3. The van der Waals surface area contributed by atoms with E-state index in [9.17, 15) is 4.79 Å². The van der Waals surface area contributed by atoms with E-state index in [4.69, 9.17) is 13.8 Å². The van der Waals surface area contributed by atoms with Crippen LogP contribution in [0.3, 0.4) is 0 Å². The molecule has 0 atom stereocenters. The molecule has 2 heterocycles. The van der Waals surface area contributed by atoms with Crippen molar-refractivity contribution in [3.05, 3.63) is 29.2 Å². The lowest BCUT2D eigenvalue weighted by Gasteiger charge is -2.10. The molecule has 19 heavy (non-hydrogen) atoms. The first-order valence-corrected chi connectivity index (χ1v) is 5.79. The highest BCUT2D eigenvalue weighted by Crippen LogP contribution is 2.19. The second-order valence-electron chi connectivity index (χ2n) is 5.18. The van der Waals surface area contributed by atoms with Crippen LogP contribution in [0.2, 0.25) is 0 Å². The number of hydrogen-bond acceptors (Lipinski definition) is 7. The fourth-order valence-corrected chi connectivity index (χ4v) is 1.30. The molecule has 0 aromatic carbocycles. The first-order chi connectivity index (χ1) is 8.88. The fraction of sp³-hybridized carbons (Fsp3) is 0.500. The predicted molar refractivity (Wildman–Crippen MR) is 63.4 cm³/mol.